The Kier molecular flexibility index (Phi) is 4.56. The Bertz CT molecular complexity index is 406. The van der Waals surface area contributed by atoms with Crippen LogP contribution in [0.2, 0.25) is 0 Å². The Morgan fingerprint density at radius 2 is 2.31 bits per heavy atom. The van der Waals surface area contributed by atoms with Crippen LogP contribution in [0.3, 0.4) is 0 Å². The van der Waals surface area contributed by atoms with E-state index in [2.05, 4.69) is 15.9 Å². The van der Waals surface area contributed by atoms with Gasteiger partial charge in [-0.25, -0.2) is 0 Å². The second-order valence-electron chi connectivity index (χ2n) is 3.60. The van der Waals surface area contributed by atoms with Crippen molar-refractivity contribution in [3.05, 3.63) is 22.6 Å². The lowest BCUT2D eigenvalue weighted by Crippen LogP contribution is -2.37. The third kappa shape index (κ3) is 3.11. The van der Waals surface area contributed by atoms with Gasteiger partial charge in [0.2, 0.25) is 0 Å². The number of hydrogen-bond donors (Lipinski definition) is 0. The van der Waals surface area contributed by atoms with Gasteiger partial charge >= 0.3 is 0 Å². The largest absolute Gasteiger partial charge is 0.444 e. The van der Waals surface area contributed by atoms with E-state index in [4.69, 9.17) is 9.68 Å². The number of amides is 1. The average molecular weight is 285 g/mol. The summed E-state index contributed by atoms with van der Waals surface area (Å²) in [5, 5.41) is 8.53. The standard InChI is InChI=1S/C11H13BrN2O2/c1-8(2)14(7-3-6-13)11(15)9-4-5-10(12)16-9/h4-5,8H,3,7H2,1-2H3. The molecule has 0 saturated heterocycles. The zero-order valence-corrected chi connectivity index (χ0v) is 10.8. The topological polar surface area (TPSA) is 57.2 Å². The fraction of sp³-hybridized carbons (Fsp3) is 0.455. The van der Waals surface area contributed by atoms with E-state index in [9.17, 15) is 4.79 Å². The van der Waals surface area contributed by atoms with Gasteiger partial charge in [-0.2, -0.15) is 5.26 Å². The highest BCUT2D eigenvalue weighted by Gasteiger charge is 2.21. The van der Waals surface area contributed by atoms with Gasteiger partial charge < -0.3 is 9.32 Å². The minimum absolute atomic E-state index is 0.0460. The SMILES string of the molecule is CC(C)N(CCC#N)C(=O)c1ccc(Br)o1. The van der Waals surface area contributed by atoms with Crippen molar-refractivity contribution in [3.8, 4) is 6.07 Å². The molecule has 0 fully saturated rings. The third-order valence-corrected chi connectivity index (χ3v) is 2.56. The van der Waals surface area contributed by atoms with Crippen LogP contribution in [0.5, 0.6) is 0 Å². The monoisotopic (exact) mass is 284 g/mol. The summed E-state index contributed by atoms with van der Waals surface area (Å²) in [6.45, 7) is 4.24. The Morgan fingerprint density at radius 1 is 1.62 bits per heavy atom. The number of nitriles is 1. The van der Waals surface area contributed by atoms with Gasteiger partial charge in [0.05, 0.1) is 12.5 Å². The first-order chi connectivity index (χ1) is 7.56. The van der Waals surface area contributed by atoms with Crippen LogP contribution in [0.25, 0.3) is 0 Å². The van der Waals surface area contributed by atoms with Crippen LogP contribution in [0, 0.1) is 11.3 Å². The van der Waals surface area contributed by atoms with E-state index in [-0.39, 0.29) is 11.9 Å². The van der Waals surface area contributed by atoms with Gasteiger partial charge in [0.25, 0.3) is 5.91 Å². The summed E-state index contributed by atoms with van der Waals surface area (Å²) in [6.07, 6.45) is 0.325. The van der Waals surface area contributed by atoms with E-state index < -0.39 is 0 Å². The molecule has 0 unspecified atom stereocenters. The molecule has 0 atom stereocenters. The van der Waals surface area contributed by atoms with Crippen molar-refractivity contribution >= 4 is 21.8 Å². The van der Waals surface area contributed by atoms with Crippen molar-refractivity contribution in [1.29, 1.82) is 5.26 Å². The van der Waals surface area contributed by atoms with Crippen LogP contribution in [-0.2, 0) is 0 Å². The molecule has 4 nitrogen and oxygen atoms in total. The van der Waals surface area contributed by atoms with E-state index in [1.54, 1.807) is 17.0 Å². The Balaban J connectivity index is 2.79. The first kappa shape index (κ1) is 12.8. The summed E-state index contributed by atoms with van der Waals surface area (Å²) >= 11 is 3.15. The van der Waals surface area contributed by atoms with E-state index in [0.29, 0.717) is 23.4 Å². The van der Waals surface area contributed by atoms with Gasteiger partial charge in [0.15, 0.2) is 10.4 Å². The van der Waals surface area contributed by atoms with Crippen molar-refractivity contribution in [2.75, 3.05) is 6.54 Å². The number of carbonyl (C=O) groups is 1. The molecule has 0 N–H and O–H groups in total. The summed E-state index contributed by atoms with van der Waals surface area (Å²) < 4.78 is 5.73. The molecule has 1 heterocycles. The Morgan fingerprint density at radius 3 is 2.75 bits per heavy atom. The third-order valence-electron chi connectivity index (χ3n) is 2.13. The number of furan rings is 1. The number of halogens is 1. The molecular weight excluding hydrogens is 272 g/mol. The van der Waals surface area contributed by atoms with E-state index >= 15 is 0 Å². The number of rotatable bonds is 4. The summed E-state index contributed by atoms with van der Waals surface area (Å²) in [4.78, 5) is 13.6. The summed E-state index contributed by atoms with van der Waals surface area (Å²) in [5.74, 6) is 0.106. The van der Waals surface area contributed by atoms with Crippen LogP contribution in [0.4, 0.5) is 0 Å². The molecular formula is C11H13BrN2O2. The molecule has 0 aliphatic heterocycles. The van der Waals surface area contributed by atoms with Crippen LogP contribution in [0.1, 0.15) is 30.8 Å². The molecule has 5 heteroatoms. The lowest BCUT2D eigenvalue weighted by Gasteiger charge is -2.24. The molecule has 16 heavy (non-hydrogen) atoms. The predicted molar refractivity (Wildman–Crippen MR) is 62.8 cm³/mol. The second kappa shape index (κ2) is 5.71. The normalized spacial score (nSPS) is 10.2. The molecule has 0 aromatic carbocycles. The lowest BCUT2D eigenvalue weighted by molar-refractivity contribution is 0.0676. The van der Waals surface area contributed by atoms with Crippen molar-refractivity contribution in [3.63, 3.8) is 0 Å². The zero-order valence-electron chi connectivity index (χ0n) is 9.24. The van der Waals surface area contributed by atoms with Gasteiger partial charge in [0, 0.05) is 12.6 Å². The molecule has 1 aromatic rings. The molecule has 0 radical (unpaired) electrons. The van der Waals surface area contributed by atoms with Crippen molar-refractivity contribution < 1.29 is 9.21 Å². The maximum atomic E-state index is 12.0. The van der Waals surface area contributed by atoms with Crippen LogP contribution in [0.15, 0.2) is 21.2 Å². The molecule has 1 amide bonds. The van der Waals surface area contributed by atoms with Crippen molar-refractivity contribution in [2.24, 2.45) is 0 Å². The average Bonchev–Trinajstić information content (AvgIpc) is 2.64. The van der Waals surface area contributed by atoms with Gasteiger partial charge in [-0.3, -0.25) is 4.79 Å². The molecule has 0 aliphatic carbocycles. The highest BCUT2D eigenvalue weighted by molar-refractivity contribution is 9.10. The highest BCUT2D eigenvalue weighted by Crippen LogP contribution is 2.17. The molecule has 0 aliphatic rings. The van der Waals surface area contributed by atoms with Crippen LogP contribution < -0.4 is 0 Å². The first-order valence-corrected chi connectivity index (χ1v) is 5.78. The minimum Gasteiger partial charge on any atom is -0.444 e. The second-order valence-corrected chi connectivity index (χ2v) is 4.39. The van der Waals surface area contributed by atoms with E-state index in [1.165, 1.54) is 0 Å². The fourth-order valence-corrected chi connectivity index (χ4v) is 1.64. The van der Waals surface area contributed by atoms with Gasteiger partial charge in [-0.05, 0) is 41.9 Å². The summed E-state index contributed by atoms with van der Waals surface area (Å²) in [6, 6.07) is 5.37. The zero-order chi connectivity index (χ0) is 12.1. The number of hydrogen-bond acceptors (Lipinski definition) is 3. The van der Waals surface area contributed by atoms with Crippen molar-refractivity contribution in [1.82, 2.24) is 4.90 Å². The summed E-state index contributed by atoms with van der Waals surface area (Å²) in [5.41, 5.74) is 0. The Hall–Kier alpha value is -1.28. The van der Waals surface area contributed by atoms with Crippen LogP contribution >= 0.6 is 15.9 Å². The molecule has 1 aromatic heterocycles. The first-order valence-electron chi connectivity index (χ1n) is 4.99. The van der Waals surface area contributed by atoms with Crippen molar-refractivity contribution in [2.45, 2.75) is 26.3 Å². The quantitative estimate of drug-likeness (QED) is 0.854. The van der Waals surface area contributed by atoms with E-state index in [1.807, 2.05) is 19.9 Å². The highest BCUT2D eigenvalue weighted by atomic mass is 79.9. The molecule has 1 rings (SSSR count). The molecule has 0 bridgehead atoms. The molecule has 0 saturated carbocycles. The number of carbonyl (C=O) groups excluding carboxylic acids is 1. The van der Waals surface area contributed by atoms with Crippen LogP contribution in [-0.4, -0.2) is 23.4 Å². The maximum Gasteiger partial charge on any atom is 0.289 e. The van der Waals surface area contributed by atoms with Gasteiger partial charge in [-0.1, -0.05) is 0 Å². The molecule has 0 spiro atoms. The summed E-state index contributed by atoms with van der Waals surface area (Å²) in [7, 11) is 0. The van der Waals surface area contributed by atoms with Gasteiger partial charge in [-0.15, -0.1) is 0 Å². The lowest BCUT2D eigenvalue weighted by atomic mass is 10.2. The molecule has 86 valence electrons. The number of nitrogens with zero attached hydrogens (tertiary/aromatic N) is 2. The van der Waals surface area contributed by atoms with E-state index in [0.717, 1.165) is 0 Å². The minimum atomic E-state index is -0.184. The maximum absolute atomic E-state index is 12.0. The predicted octanol–water partition coefficient (Wildman–Crippen LogP) is 2.81. The smallest absolute Gasteiger partial charge is 0.289 e. The fourth-order valence-electron chi connectivity index (χ4n) is 1.34. The Labute approximate surface area is 103 Å². The van der Waals surface area contributed by atoms with Gasteiger partial charge in [0.1, 0.15) is 0 Å².